The van der Waals surface area contributed by atoms with Crippen molar-refractivity contribution in [1.29, 1.82) is 5.26 Å². The Kier molecular flexibility index (Phi) is 5.84. The summed E-state index contributed by atoms with van der Waals surface area (Å²) >= 11 is 0. The van der Waals surface area contributed by atoms with Crippen LogP contribution in [-0.4, -0.2) is 50.4 Å². The first-order valence-corrected chi connectivity index (χ1v) is 10.7. The van der Waals surface area contributed by atoms with E-state index in [1.165, 1.54) is 18.3 Å². The van der Waals surface area contributed by atoms with Crippen molar-refractivity contribution in [2.75, 3.05) is 18.4 Å². The number of nitrogens with zero attached hydrogens (tertiary/aromatic N) is 4. The number of alkyl halides is 3. The number of aliphatic hydroxyl groups is 1. The molecule has 0 spiro atoms. The third-order valence-electron chi connectivity index (χ3n) is 6.37. The van der Waals surface area contributed by atoms with Gasteiger partial charge in [0, 0.05) is 31.0 Å². The van der Waals surface area contributed by atoms with Gasteiger partial charge < -0.3 is 16.2 Å². The van der Waals surface area contributed by atoms with E-state index >= 15 is 0 Å². The summed E-state index contributed by atoms with van der Waals surface area (Å²) in [6.45, 7) is 2.95. The number of halogens is 3. The number of β-amino-alcohol motifs (C(OH)–C–C–N with tert-alkyl or cyclic N) is 1. The summed E-state index contributed by atoms with van der Waals surface area (Å²) in [5, 5.41) is 27.1. The normalized spacial score (nSPS) is 25.2. The predicted octanol–water partition coefficient (Wildman–Crippen LogP) is 3.04. The first-order chi connectivity index (χ1) is 15.5. The Labute approximate surface area is 188 Å². The van der Waals surface area contributed by atoms with Gasteiger partial charge >= 0.3 is 6.18 Å². The largest absolute Gasteiger partial charge is 0.416 e. The molecular formula is C22H25F3N6O2. The lowest BCUT2D eigenvalue weighted by Crippen LogP contribution is -2.63. The highest BCUT2D eigenvalue weighted by Crippen LogP contribution is 2.39. The highest BCUT2D eigenvalue weighted by Gasteiger charge is 2.43. The van der Waals surface area contributed by atoms with Crippen LogP contribution in [0.1, 0.15) is 48.1 Å². The second-order valence-corrected chi connectivity index (χ2v) is 9.11. The van der Waals surface area contributed by atoms with E-state index in [1.807, 2.05) is 0 Å². The van der Waals surface area contributed by atoms with Gasteiger partial charge in [-0.1, -0.05) is 0 Å². The number of carbonyl (C=O) groups is 1. The summed E-state index contributed by atoms with van der Waals surface area (Å²) in [6.07, 6.45) is -0.883. The highest BCUT2D eigenvalue weighted by molar-refractivity contribution is 5.98. The summed E-state index contributed by atoms with van der Waals surface area (Å²) in [5.41, 5.74) is 4.44. The summed E-state index contributed by atoms with van der Waals surface area (Å²) in [5.74, 6) is -0.964. The highest BCUT2D eigenvalue weighted by atomic mass is 19.4. The van der Waals surface area contributed by atoms with Gasteiger partial charge in [0.05, 0.1) is 29.2 Å². The molecule has 1 saturated heterocycles. The van der Waals surface area contributed by atoms with Gasteiger partial charge in [-0.25, -0.2) is 0 Å². The lowest BCUT2D eigenvalue weighted by atomic mass is 9.79. The Morgan fingerprint density at radius 3 is 2.52 bits per heavy atom. The zero-order chi connectivity index (χ0) is 24.0. The number of anilines is 2. The third-order valence-corrected chi connectivity index (χ3v) is 6.37. The van der Waals surface area contributed by atoms with Crippen molar-refractivity contribution in [2.24, 2.45) is 11.7 Å². The number of benzene rings is 1. The molecule has 0 radical (unpaired) electrons. The molecule has 1 saturated carbocycles. The number of nitrogens with one attached hydrogen (secondary N) is 1. The maximum atomic E-state index is 12.8. The van der Waals surface area contributed by atoms with Crippen LogP contribution in [0.4, 0.5) is 24.7 Å². The standard InChI is InChI=1S/C22H25F3N6O2/c1-21(33)11-30(12-21)16-6-7-18(13(8-16)9-26)31-10-17(19(27)32)20(29-31)28-15-4-2-14(3-5-15)22(23,24)25/h2-5,10,13,16,18,33H,6-8,11-12H2,1H3,(H2,27,32)(H,28,29)/t13-,16-,18+/m1/s1. The molecule has 33 heavy (non-hydrogen) atoms. The summed E-state index contributed by atoms with van der Waals surface area (Å²) in [6, 6.07) is 6.63. The van der Waals surface area contributed by atoms with Crippen molar-refractivity contribution < 1.29 is 23.1 Å². The zero-order valence-corrected chi connectivity index (χ0v) is 18.0. The van der Waals surface area contributed by atoms with Crippen LogP contribution in [0, 0.1) is 17.2 Å². The van der Waals surface area contributed by atoms with Gasteiger partial charge in [-0.15, -0.1) is 0 Å². The molecule has 1 aromatic heterocycles. The van der Waals surface area contributed by atoms with E-state index in [4.69, 9.17) is 5.73 Å². The van der Waals surface area contributed by atoms with E-state index in [-0.39, 0.29) is 29.4 Å². The smallest absolute Gasteiger partial charge is 0.388 e. The summed E-state index contributed by atoms with van der Waals surface area (Å²) < 4.78 is 40.0. The van der Waals surface area contributed by atoms with Crippen LogP contribution in [0.2, 0.25) is 0 Å². The molecule has 1 amide bonds. The molecule has 8 nitrogen and oxygen atoms in total. The Morgan fingerprint density at radius 2 is 1.97 bits per heavy atom. The van der Waals surface area contributed by atoms with Gasteiger partial charge in [-0.05, 0) is 50.5 Å². The molecule has 0 unspecified atom stereocenters. The molecule has 4 rings (SSSR count). The first kappa shape index (κ1) is 23.1. The first-order valence-electron chi connectivity index (χ1n) is 10.7. The fraction of sp³-hybridized carbons (Fsp3) is 0.500. The number of hydrogen-bond acceptors (Lipinski definition) is 6. The molecule has 11 heteroatoms. The van der Waals surface area contributed by atoms with Gasteiger partial charge in [0.1, 0.15) is 5.56 Å². The Balaban J connectivity index is 1.51. The number of likely N-dealkylation sites (tertiary alicyclic amines) is 1. The van der Waals surface area contributed by atoms with E-state index in [0.717, 1.165) is 18.6 Å². The lowest BCUT2D eigenvalue weighted by Gasteiger charge is -2.50. The Morgan fingerprint density at radius 1 is 1.30 bits per heavy atom. The van der Waals surface area contributed by atoms with Crippen LogP contribution in [-0.2, 0) is 6.18 Å². The molecule has 1 aliphatic carbocycles. The number of hydrogen-bond donors (Lipinski definition) is 3. The molecular weight excluding hydrogens is 437 g/mol. The zero-order valence-electron chi connectivity index (χ0n) is 18.0. The summed E-state index contributed by atoms with van der Waals surface area (Å²) in [4.78, 5) is 14.2. The number of amides is 1. The fourth-order valence-electron chi connectivity index (χ4n) is 4.72. The van der Waals surface area contributed by atoms with Gasteiger partial charge in [0.15, 0.2) is 5.82 Å². The van der Waals surface area contributed by atoms with Crippen molar-refractivity contribution in [3.05, 3.63) is 41.6 Å². The minimum atomic E-state index is -4.45. The molecule has 176 valence electrons. The SMILES string of the molecule is CC1(O)CN([C@@H]2CC[C@H](n3cc(C(N)=O)c(Nc4ccc(C(F)(F)F)cc4)n3)[C@@H](C#N)C2)C1. The topological polar surface area (TPSA) is 120 Å². The Hall–Kier alpha value is -3.10. The van der Waals surface area contributed by atoms with Gasteiger partial charge in [-0.3, -0.25) is 14.4 Å². The van der Waals surface area contributed by atoms with Crippen molar-refractivity contribution >= 4 is 17.4 Å². The molecule has 2 heterocycles. The third kappa shape index (κ3) is 4.82. The number of rotatable bonds is 5. The van der Waals surface area contributed by atoms with Crippen molar-refractivity contribution in [3.63, 3.8) is 0 Å². The maximum absolute atomic E-state index is 12.8. The van der Waals surface area contributed by atoms with Crippen LogP contribution in [0.5, 0.6) is 0 Å². The van der Waals surface area contributed by atoms with Crippen molar-refractivity contribution in [2.45, 2.75) is 50.0 Å². The van der Waals surface area contributed by atoms with Crippen LogP contribution >= 0.6 is 0 Å². The van der Waals surface area contributed by atoms with Gasteiger partial charge in [-0.2, -0.15) is 23.5 Å². The monoisotopic (exact) mass is 462 g/mol. The second-order valence-electron chi connectivity index (χ2n) is 9.11. The van der Waals surface area contributed by atoms with E-state index in [2.05, 4.69) is 21.4 Å². The molecule has 3 atom stereocenters. The average Bonchev–Trinajstić information content (AvgIpc) is 3.15. The van der Waals surface area contributed by atoms with Crippen molar-refractivity contribution in [3.8, 4) is 6.07 Å². The Bertz CT molecular complexity index is 1070. The lowest BCUT2D eigenvalue weighted by molar-refractivity contribution is -0.137. The van der Waals surface area contributed by atoms with E-state index in [0.29, 0.717) is 31.6 Å². The van der Waals surface area contributed by atoms with Crippen LogP contribution in [0.15, 0.2) is 30.5 Å². The van der Waals surface area contributed by atoms with Crippen molar-refractivity contribution in [1.82, 2.24) is 14.7 Å². The number of aromatic nitrogens is 2. The molecule has 2 fully saturated rings. The van der Waals surface area contributed by atoms with Crippen LogP contribution in [0.3, 0.4) is 0 Å². The quantitative estimate of drug-likeness (QED) is 0.628. The van der Waals surface area contributed by atoms with Crippen LogP contribution < -0.4 is 11.1 Å². The van der Waals surface area contributed by atoms with E-state index in [9.17, 15) is 28.3 Å². The molecule has 0 bridgehead atoms. The van der Waals surface area contributed by atoms with Gasteiger partial charge in [0.25, 0.3) is 5.91 Å². The molecule has 1 aromatic carbocycles. The minimum absolute atomic E-state index is 0.0903. The fourth-order valence-corrected chi connectivity index (χ4v) is 4.72. The molecule has 2 aromatic rings. The number of primary amides is 1. The van der Waals surface area contributed by atoms with Crippen LogP contribution in [0.25, 0.3) is 0 Å². The minimum Gasteiger partial charge on any atom is -0.388 e. The molecule has 4 N–H and O–H groups in total. The molecule has 1 aliphatic heterocycles. The second kappa shape index (κ2) is 8.35. The maximum Gasteiger partial charge on any atom is 0.416 e. The molecule has 2 aliphatic rings. The number of nitrogens with two attached hydrogens (primary N) is 1. The average molecular weight is 462 g/mol. The number of nitriles is 1. The summed E-state index contributed by atoms with van der Waals surface area (Å²) in [7, 11) is 0. The van der Waals surface area contributed by atoms with E-state index in [1.54, 1.807) is 11.6 Å². The predicted molar refractivity (Wildman–Crippen MR) is 113 cm³/mol. The van der Waals surface area contributed by atoms with Gasteiger partial charge in [0.2, 0.25) is 0 Å². The number of carbonyl (C=O) groups excluding carboxylic acids is 1. The van der Waals surface area contributed by atoms with E-state index < -0.39 is 23.2 Å².